The molecule has 1 aliphatic heterocycles. The van der Waals surface area contributed by atoms with E-state index in [0.717, 1.165) is 37.5 Å². The summed E-state index contributed by atoms with van der Waals surface area (Å²) in [5, 5.41) is 3.36. The van der Waals surface area contributed by atoms with Gasteiger partial charge in [-0.1, -0.05) is 54.6 Å². The molecule has 1 aliphatic rings. The van der Waals surface area contributed by atoms with Crippen molar-refractivity contribution < 1.29 is 34.9 Å². The molecule has 0 unspecified atom stereocenters. The van der Waals surface area contributed by atoms with Gasteiger partial charge in [-0.3, -0.25) is 4.55 Å². The maximum absolute atomic E-state index is 11.5. The van der Waals surface area contributed by atoms with Crippen LogP contribution >= 0.6 is 23.4 Å². The van der Waals surface area contributed by atoms with Crippen LogP contribution in [0.15, 0.2) is 80.6 Å². The Labute approximate surface area is 254 Å². The second-order valence-electron chi connectivity index (χ2n) is 9.90. The van der Waals surface area contributed by atoms with Crippen LogP contribution in [0.3, 0.4) is 0 Å². The Bertz CT molecular complexity index is 1930. The molecule has 42 heavy (non-hydrogen) atoms. The number of oxazole rings is 1. The van der Waals surface area contributed by atoms with Gasteiger partial charge >= 0.3 is 5.89 Å². The molecule has 0 fully saturated rings. The number of anilines is 1. The topological polar surface area (TPSA) is 132 Å². The first-order chi connectivity index (χ1) is 19.9. The third-order valence-electron chi connectivity index (χ3n) is 6.89. The van der Waals surface area contributed by atoms with Crippen molar-refractivity contribution in [3.8, 4) is 0 Å². The molecule has 1 N–H and O–H groups in total. The van der Waals surface area contributed by atoms with Crippen LogP contribution in [-0.4, -0.2) is 44.0 Å². The zero-order valence-corrected chi connectivity index (χ0v) is 25.9. The number of fused-ring (bicyclic) bond motifs is 4. The van der Waals surface area contributed by atoms with Crippen LogP contribution in [0.4, 0.5) is 5.69 Å². The highest BCUT2D eigenvalue weighted by Crippen LogP contribution is 2.47. The van der Waals surface area contributed by atoms with E-state index in [1.54, 1.807) is 6.07 Å². The molecule has 9 nitrogen and oxygen atoms in total. The van der Waals surface area contributed by atoms with Gasteiger partial charge in [0.05, 0.1) is 38.0 Å². The summed E-state index contributed by atoms with van der Waals surface area (Å²) >= 11 is 7.79. The van der Waals surface area contributed by atoms with Gasteiger partial charge in [-0.05, 0) is 60.2 Å². The average Bonchev–Trinajstić information content (AvgIpc) is 3.44. The average molecular weight is 649 g/mol. The van der Waals surface area contributed by atoms with Gasteiger partial charge in [0.15, 0.2) is 6.54 Å². The van der Waals surface area contributed by atoms with Crippen molar-refractivity contribution in [2.45, 2.75) is 37.6 Å². The molecule has 222 valence electrons. The summed E-state index contributed by atoms with van der Waals surface area (Å²) in [5.74, 6) is -0.320. The molecule has 0 saturated carbocycles. The molecule has 0 amide bonds. The van der Waals surface area contributed by atoms with Gasteiger partial charge in [0.2, 0.25) is 5.58 Å². The van der Waals surface area contributed by atoms with Gasteiger partial charge in [0.1, 0.15) is 0 Å². The van der Waals surface area contributed by atoms with E-state index in [0.29, 0.717) is 36.0 Å². The quantitative estimate of drug-likeness (QED) is 0.154. The van der Waals surface area contributed by atoms with Crippen molar-refractivity contribution in [1.29, 1.82) is 0 Å². The van der Waals surface area contributed by atoms with E-state index < -0.39 is 26.0 Å². The molecule has 0 spiro atoms. The molecule has 1 aromatic heterocycles. The van der Waals surface area contributed by atoms with Crippen LogP contribution in [0.1, 0.15) is 32.1 Å². The summed E-state index contributed by atoms with van der Waals surface area (Å²) in [7, 11) is -8.47. The fourth-order valence-electron chi connectivity index (χ4n) is 4.98. The van der Waals surface area contributed by atoms with E-state index in [-0.39, 0.29) is 18.6 Å². The number of hydrogen-bond donors (Lipinski definition) is 1. The van der Waals surface area contributed by atoms with Crippen LogP contribution in [0.5, 0.6) is 0 Å². The molecular weight excluding hydrogens is 620 g/mol. The van der Waals surface area contributed by atoms with Gasteiger partial charge in [0.25, 0.3) is 15.6 Å². The third-order valence-corrected chi connectivity index (χ3v) is 9.83. The highest BCUT2D eigenvalue weighted by Gasteiger charge is 2.27. The lowest BCUT2D eigenvalue weighted by Gasteiger charge is -2.21. The molecule has 4 aromatic rings. The number of nitrogens with zero attached hydrogens (tertiary/aromatic N) is 2. The zero-order valence-electron chi connectivity index (χ0n) is 22.7. The second kappa shape index (κ2) is 12.4. The molecule has 2 heterocycles. The van der Waals surface area contributed by atoms with Gasteiger partial charge in [-0.25, -0.2) is 8.42 Å². The number of benzene rings is 3. The SMILES string of the molecule is CCC(=Cc1oc2ccc3ccccc3c2[n+]1CCCS(=O)(=O)O)C=C1Sc2ccc(Cl)cc2N1CCCS(=O)(=O)[O-]. The van der Waals surface area contributed by atoms with E-state index in [9.17, 15) is 25.9 Å². The summed E-state index contributed by atoms with van der Waals surface area (Å²) in [6.45, 7) is 2.62. The summed E-state index contributed by atoms with van der Waals surface area (Å²) in [5.41, 5.74) is 3.22. The predicted octanol–water partition coefficient (Wildman–Crippen LogP) is 5.99. The molecule has 3 aromatic carbocycles. The number of rotatable bonds is 11. The minimum atomic E-state index is -4.35. The first kappa shape index (κ1) is 30.6. The Balaban J connectivity index is 1.56. The van der Waals surface area contributed by atoms with E-state index in [2.05, 4.69) is 0 Å². The van der Waals surface area contributed by atoms with Gasteiger partial charge in [0, 0.05) is 28.6 Å². The van der Waals surface area contributed by atoms with Crippen LogP contribution < -0.4 is 9.47 Å². The van der Waals surface area contributed by atoms with Crippen LogP contribution in [0.25, 0.3) is 27.9 Å². The van der Waals surface area contributed by atoms with Crippen molar-refractivity contribution in [2.75, 3.05) is 23.0 Å². The molecule has 0 aliphatic carbocycles. The van der Waals surface area contributed by atoms with E-state index in [4.69, 9.17) is 16.0 Å². The summed E-state index contributed by atoms with van der Waals surface area (Å²) < 4.78 is 74.2. The first-order valence-corrected chi connectivity index (χ1v) is 17.7. The Hall–Kier alpha value is -2.87. The molecule has 5 rings (SSSR count). The van der Waals surface area contributed by atoms with Crippen molar-refractivity contribution in [3.63, 3.8) is 0 Å². The molecule has 0 saturated heterocycles. The highest BCUT2D eigenvalue weighted by atomic mass is 35.5. The zero-order chi connectivity index (χ0) is 30.1. The normalized spacial score (nSPS) is 15.3. The minimum Gasteiger partial charge on any atom is -0.748 e. The fraction of sp³-hybridized carbons (Fsp3) is 0.276. The monoisotopic (exact) mass is 648 g/mol. The number of allylic oxidation sites excluding steroid dienone is 2. The summed E-state index contributed by atoms with van der Waals surface area (Å²) in [4.78, 5) is 2.92. The number of thioether (sulfide) groups is 1. The summed E-state index contributed by atoms with van der Waals surface area (Å²) in [6.07, 6.45) is 4.88. The number of halogens is 1. The van der Waals surface area contributed by atoms with Crippen LogP contribution in [0, 0.1) is 0 Å². The van der Waals surface area contributed by atoms with Crippen LogP contribution in [0.2, 0.25) is 5.02 Å². The maximum Gasteiger partial charge on any atom is 0.374 e. The van der Waals surface area contributed by atoms with E-state index in [1.165, 1.54) is 11.8 Å². The van der Waals surface area contributed by atoms with Gasteiger partial charge in [-0.2, -0.15) is 13.0 Å². The smallest absolute Gasteiger partial charge is 0.374 e. The van der Waals surface area contributed by atoms with Gasteiger partial charge in [-0.15, -0.1) is 0 Å². The van der Waals surface area contributed by atoms with E-state index >= 15 is 0 Å². The second-order valence-corrected chi connectivity index (χ2v) is 14.5. The molecule has 13 heteroatoms. The Morgan fingerprint density at radius 2 is 1.88 bits per heavy atom. The lowest BCUT2D eigenvalue weighted by molar-refractivity contribution is -0.677. The Kier molecular flexibility index (Phi) is 9.02. The van der Waals surface area contributed by atoms with Crippen molar-refractivity contribution in [3.05, 3.63) is 82.2 Å². The first-order valence-electron chi connectivity index (χ1n) is 13.3. The molecule has 0 radical (unpaired) electrons. The standard InChI is InChI=1S/C29H29ClN2O7S3/c1-2-20(18-28-31(13-5-15-41(33,34)35)24-19-22(30)10-12-26(24)40-28)17-27-32(14-6-16-42(36,37)38)29-23-8-4-3-7-21(23)9-11-25(29)39-27/h3-4,7-12,17-19H,2,5-6,13-16H2,1H3,(H-,33,34,35,36,37,38). The molecule has 0 atom stereocenters. The van der Waals surface area contributed by atoms with E-state index in [1.807, 2.05) is 77.1 Å². The van der Waals surface area contributed by atoms with Crippen molar-refractivity contribution in [1.82, 2.24) is 0 Å². The Morgan fingerprint density at radius 1 is 1.10 bits per heavy atom. The largest absolute Gasteiger partial charge is 0.748 e. The minimum absolute atomic E-state index is 0.158. The lowest BCUT2D eigenvalue weighted by Crippen LogP contribution is -2.36. The maximum atomic E-state index is 11.5. The molecular formula is C29H29ClN2O7S3. The Morgan fingerprint density at radius 3 is 2.62 bits per heavy atom. The predicted molar refractivity (Wildman–Crippen MR) is 165 cm³/mol. The van der Waals surface area contributed by atoms with Crippen molar-refractivity contribution >= 4 is 77.2 Å². The summed E-state index contributed by atoms with van der Waals surface area (Å²) in [6, 6.07) is 17.2. The number of aromatic nitrogens is 1. The van der Waals surface area contributed by atoms with Gasteiger partial charge < -0.3 is 13.9 Å². The highest BCUT2D eigenvalue weighted by molar-refractivity contribution is 8.03. The van der Waals surface area contributed by atoms with Crippen LogP contribution in [-0.2, 0) is 26.8 Å². The lowest BCUT2D eigenvalue weighted by atomic mass is 10.1. The molecule has 0 bridgehead atoms. The van der Waals surface area contributed by atoms with Crippen molar-refractivity contribution in [2.24, 2.45) is 0 Å². The third kappa shape index (κ3) is 7.19. The fourth-order valence-corrected chi connectivity index (χ4v) is 7.27. The number of aryl methyl sites for hydroxylation is 1. The number of hydrogen-bond acceptors (Lipinski definition) is 8.